The summed E-state index contributed by atoms with van der Waals surface area (Å²) in [6, 6.07) is 8.94. The van der Waals surface area contributed by atoms with Gasteiger partial charge in [0.2, 0.25) is 0 Å². The van der Waals surface area contributed by atoms with Gasteiger partial charge in [0.15, 0.2) is 11.6 Å². The average molecular weight is 264 g/mol. The third-order valence-corrected chi connectivity index (χ3v) is 5.02. The summed E-state index contributed by atoms with van der Waals surface area (Å²) in [5, 5.41) is 0. The van der Waals surface area contributed by atoms with Gasteiger partial charge in [-0.3, -0.25) is 9.59 Å². The van der Waals surface area contributed by atoms with Gasteiger partial charge in [0.05, 0.1) is 14.4 Å². The normalized spacial score (nSPS) is 18.5. The van der Waals surface area contributed by atoms with Crippen LogP contribution in [0.3, 0.4) is 0 Å². The van der Waals surface area contributed by atoms with Gasteiger partial charge in [0.25, 0.3) is 0 Å². The van der Waals surface area contributed by atoms with Crippen LogP contribution in [-0.2, 0) is 4.79 Å². The third-order valence-electron chi connectivity index (χ3n) is 2.37. The number of carbonyl (C=O) groups is 2. The van der Waals surface area contributed by atoms with Crippen molar-refractivity contribution in [2.75, 3.05) is 0 Å². The molecule has 1 fully saturated rings. The molecule has 88 valence electrons. The first kappa shape index (κ1) is 12.5. The lowest BCUT2D eigenvalue weighted by molar-refractivity contribution is -0.113. The van der Waals surface area contributed by atoms with Gasteiger partial charge < -0.3 is 0 Å². The number of Topliss-reactive ketones (excluding diaryl/α,β-unsaturated/α-hetero) is 2. The second-order valence-electron chi connectivity index (χ2n) is 3.72. The van der Waals surface area contributed by atoms with Crippen molar-refractivity contribution in [2.24, 2.45) is 0 Å². The van der Waals surface area contributed by atoms with Crippen molar-refractivity contribution in [2.45, 2.75) is 18.4 Å². The smallest absolute Gasteiger partial charge is 0.198 e. The Morgan fingerprint density at radius 1 is 1.12 bits per heavy atom. The van der Waals surface area contributed by atoms with Gasteiger partial charge in [0, 0.05) is 5.56 Å². The highest BCUT2D eigenvalue weighted by Gasteiger charge is 2.30. The molecule has 0 N–H and O–H groups in total. The van der Waals surface area contributed by atoms with Gasteiger partial charge in [-0.05, 0) is 13.8 Å². The lowest BCUT2D eigenvalue weighted by atomic mass is 10.0. The highest BCUT2D eigenvalue weighted by molar-refractivity contribution is 8.38. The van der Waals surface area contributed by atoms with Crippen LogP contribution in [0.15, 0.2) is 40.1 Å². The molecule has 4 heteroatoms. The molecule has 0 radical (unpaired) electrons. The molecule has 17 heavy (non-hydrogen) atoms. The first-order valence-electron chi connectivity index (χ1n) is 5.28. The minimum atomic E-state index is -0.167. The molecule has 1 heterocycles. The highest BCUT2D eigenvalue weighted by Crippen LogP contribution is 2.52. The maximum absolute atomic E-state index is 12.2. The Balaban J connectivity index is 2.34. The quantitative estimate of drug-likeness (QED) is 0.362. The van der Waals surface area contributed by atoms with Crippen molar-refractivity contribution in [1.29, 1.82) is 0 Å². The van der Waals surface area contributed by atoms with Crippen LogP contribution in [0.5, 0.6) is 0 Å². The Kier molecular flexibility index (Phi) is 3.74. The van der Waals surface area contributed by atoms with E-state index in [0.29, 0.717) is 15.7 Å². The lowest BCUT2D eigenvalue weighted by Gasteiger charge is -2.25. The van der Waals surface area contributed by atoms with E-state index in [0.717, 1.165) is 4.24 Å². The molecule has 0 unspecified atom stereocenters. The number of hydrogen-bond acceptors (Lipinski definition) is 4. The van der Waals surface area contributed by atoms with E-state index in [4.69, 9.17) is 0 Å². The van der Waals surface area contributed by atoms with E-state index in [1.165, 1.54) is 6.92 Å². The van der Waals surface area contributed by atoms with Crippen molar-refractivity contribution in [3.63, 3.8) is 0 Å². The van der Waals surface area contributed by atoms with Crippen LogP contribution in [0.4, 0.5) is 0 Å². The Bertz CT molecular complexity index is 483. The van der Waals surface area contributed by atoms with E-state index in [2.05, 4.69) is 6.92 Å². The Hall–Kier alpha value is -1.000. The Labute approximate surface area is 109 Å². The van der Waals surface area contributed by atoms with E-state index < -0.39 is 0 Å². The summed E-state index contributed by atoms with van der Waals surface area (Å²) in [6.07, 6.45) is 0. The van der Waals surface area contributed by atoms with Gasteiger partial charge in [-0.1, -0.05) is 30.3 Å². The molecule has 2 rings (SSSR count). The standard InChI is InChI=1S/C13H12O2S2/c1-8(14)11(13-16-9(2)17-13)12(15)10-6-4-3-5-7-10/h3-7,9H,1-2H3. The molecule has 0 saturated carbocycles. The summed E-state index contributed by atoms with van der Waals surface area (Å²) in [4.78, 5) is 23.8. The van der Waals surface area contributed by atoms with Gasteiger partial charge in [0.1, 0.15) is 0 Å². The molecule has 2 nitrogen and oxygen atoms in total. The Morgan fingerprint density at radius 3 is 2.18 bits per heavy atom. The number of rotatable bonds is 3. The molecule has 0 atom stereocenters. The molecule has 1 saturated heterocycles. The predicted octanol–water partition coefficient (Wildman–Crippen LogP) is 3.50. The van der Waals surface area contributed by atoms with E-state index in [-0.39, 0.29) is 11.6 Å². The Morgan fingerprint density at radius 2 is 1.71 bits per heavy atom. The zero-order valence-electron chi connectivity index (χ0n) is 9.60. The van der Waals surface area contributed by atoms with Gasteiger partial charge in [-0.25, -0.2) is 0 Å². The first-order valence-corrected chi connectivity index (χ1v) is 7.04. The SMILES string of the molecule is CC(=O)C(C(=O)c1ccccc1)=C1SC(C)S1. The first-order chi connectivity index (χ1) is 8.09. The van der Waals surface area contributed by atoms with Crippen LogP contribution in [0.25, 0.3) is 0 Å². The van der Waals surface area contributed by atoms with Crippen LogP contribution in [0, 0.1) is 0 Å². The second kappa shape index (κ2) is 5.10. The summed E-state index contributed by atoms with van der Waals surface area (Å²) in [6.45, 7) is 3.51. The van der Waals surface area contributed by atoms with Gasteiger partial charge >= 0.3 is 0 Å². The predicted molar refractivity (Wildman–Crippen MR) is 73.1 cm³/mol. The molecular formula is C13H12O2S2. The molecule has 0 amide bonds. The van der Waals surface area contributed by atoms with Crippen LogP contribution in [0.2, 0.25) is 0 Å². The van der Waals surface area contributed by atoms with E-state index in [1.807, 2.05) is 6.07 Å². The van der Waals surface area contributed by atoms with Crippen LogP contribution in [0.1, 0.15) is 24.2 Å². The maximum atomic E-state index is 12.2. The molecule has 0 aliphatic carbocycles. The summed E-state index contributed by atoms with van der Waals surface area (Å²) in [7, 11) is 0. The van der Waals surface area contributed by atoms with Crippen molar-refractivity contribution in [3.05, 3.63) is 45.7 Å². The van der Waals surface area contributed by atoms with E-state index >= 15 is 0 Å². The fourth-order valence-electron chi connectivity index (χ4n) is 1.56. The summed E-state index contributed by atoms with van der Waals surface area (Å²) >= 11 is 3.18. The van der Waals surface area contributed by atoms with Crippen molar-refractivity contribution in [1.82, 2.24) is 0 Å². The van der Waals surface area contributed by atoms with Crippen molar-refractivity contribution >= 4 is 35.1 Å². The number of ketones is 2. The van der Waals surface area contributed by atoms with E-state index in [9.17, 15) is 9.59 Å². The highest BCUT2D eigenvalue weighted by atomic mass is 32.3. The molecule has 1 aromatic rings. The summed E-state index contributed by atoms with van der Waals surface area (Å²) in [5.41, 5.74) is 0.912. The van der Waals surface area contributed by atoms with Gasteiger partial charge in [-0.15, -0.1) is 23.5 Å². The van der Waals surface area contributed by atoms with Crippen LogP contribution < -0.4 is 0 Å². The summed E-state index contributed by atoms with van der Waals surface area (Å²) < 4.78 is 1.29. The number of carbonyl (C=O) groups excluding carboxylic acids is 2. The van der Waals surface area contributed by atoms with Gasteiger partial charge in [-0.2, -0.15) is 0 Å². The second-order valence-corrected chi connectivity index (χ2v) is 6.98. The minimum Gasteiger partial charge on any atom is -0.294 e. The molecule has 0 aromatic heterocycles. The molecule has 0 spiro atoms. The number of allylic oxidation sites excluding steroid dienone is 1. The zero-order chi connectivity index (χ0) is 12.4. The molecule has 0 bridgehead atoms. The minimum absolute atomic E-state index is 0.152. The van der Waals surface area contributed by atoms with Crippen molar-refractivity contribution in [3.8, 4) is 0 Å². The fraction of sp³-hybridized carbons (Fsp3) is 0.231. The average Bonchev–Trinajstić information content (AvgIpc) is 2.27. The monoisotopic (exact) mass is 264 g/mol. The molecule has 1 aliphatic heterocycles. The largest absolute Gasteiger partial charge is 0.294 e. The topological polar surface area (TPSA) is 34.1 Å². The number of hydrogen-bond donors (Lipinski definition) is 0. The zero-order valence-corrected chi connectivity index (χ0v) is 11.2. The molecule has 1 aliphatic rings. The van der Waals surface area contributed by atoms with Crippen LogP contribution in [-0.4, -0.2) is 16.1 Å². The summed E-state index contributed by atoms with van der Waals surface area (Å²) in [5.74, 6) is -0.319. The number of thioether (sulfide) groups is 2. The maximum Gasteiger partial charge on any atom is 0.198 e. The third kappa shape index (κ3) is 2.64. The lowest BCUT2D eigenvalue weighted by Crippen LogP contribution is -2.16. The molecule has 1 aromatic carbocycles. The van der Waals surface area contributed by atoms with Crippen molar-refractivity contribution < 1.29 is 9.59 Å². The molecular weight excluding hydrogens is 252 g/mol. The van der Waals surface area contributed by atoms with Crippen LogP contribution >= 0.6 is 23.5 Å². The van der Waals surface area contributed by atoms with E-state index in [1.54, 1.807) is 47.8 Å². The number of benzene rings is 1. The fourth-order valence-corrected chi connectivity index (χ4v) is 4.04.